The maximum Gasteiger partial charge on any atom is 0.404 e. The van der Waals surface area contributed by atoms with E-state index in [2.05, 4.69) is 10.5 Å². The van der Waals surface area contributed by atoms with Gasteiger partial charge in [0.05, 0.1) is 11.5 Å². The molecule has 1 amide bonds. The summed E-state index contributed by atoms with van der Waals surface area (Å²) in [6, 6.07) is 14.4. The number of non-ortho nitro benzene ring substituents is 1. The van der Waals surface area contributed by atoms with Crippen LogP contribution in [-0.2, 0) is 4.74 Å². The van der Waals surface area contributed by atoms with Crippen molar-refractivity contribution in [1.82, 2.24) is 0 Å². The summed E-state index contributed by atoms with van der Waals surface area (Å²) < 4.78 is 4.18. The highest BCUT2D eigenvalue weighted by molar-refractivity contribution is 6.09. The van der Waals surface area contributed by atoms with Gasteiger partial charge in [0.1, 0.15) is 0 Å². The predicted octanol–water partition coefficient (Wildman–Crippen LogP) is 2.93. The molecule has 2 rings (SSSR count). The third-order valence-electron chi connectivity index (χ3n) is 2.66. The summed E-state index contributed by atoms with van der Waals surface area (Å²) >= 11 is 0. The Morgan fingerprint density at radius 2 is 1.57 bits per heavy atom. The van der Waals surface area contributed by atoms with Crippen molar-refractivity contribution in [3.8, 4) is 0 Å². The lowest BCUT2D eigenvalue weighted by molar-refractivity contribution is -0.384. The van der Waals surface area contributed by atoms with E-state index in [9.17, 15) is 19.7 Å². The van der Waals surface area contributed by atoms with E-state index in [0.29, 0.717) is 17.7 Å². The molecule has 0 atom stereocenters. The molecule has 0 saturated heterocycles. The van der Waals surface area contributed by atoms with Gasteiger partial charge in [-0.2, -0.15) is 0 Å². The first kappa shape index (κ1) is 17.8. The number of hydrogen-bond donors (Lipinski definition) is 1. The summed E-state index contributed by atoms with van der Waals surface area (Å²) in [5.74, 6) is -0.138. The molecule has 0 bridgehead atoms. The van der Waals surface area contributed by atoms with Crippen molar-refractivity contribution in [2.75, 3.05) is 6.61 Å². The second-order valence-electron chi connectivity index (χ2n) is 4.25. The molecule has 0 spiro atoms. The van der Waals surface area contributed by atoms with Gasteiger partial charge in [0.2, 0.25) is 0 Å². The molecule has 2 aromatic carbocycles. The summed E-state index contributed by atoms with van der Waals surface area (Å²) in [6.45, 7) is 2.06. The summed E-state index contributed by atoms with van der Waals surface area (Å²) in [4.78, 5) is 31.5. The Morgan fingerprint density at radius 3 is 1.96 bits per heavy atom. The van der Waals surface area contributed by atoms with Crippen LogP contribution < -0.4 is 5.73 Å². The number of nitrogens with zero attached hydrogens (tertiary/aromatic N) is 1. The molecule has 0 saturated carbocycles. The van der Waals surface area contributed by atoms with Crippen LogP contribution in [-0.4, -0.2) is 23.4 Å². The van der Waals surface area contributed by atoms with E-state index in [0.717, 1.165) is 0 Å². The monoisotopic (exact) mass is 316 g/mol. The van der Waals surface area contributed by atoms with E-state index in [1.165, 1.54) is 24.3 Å². The average molecular weight is 316 g/mol. The number of ether oxygens (including phenoxy) is 1. The summed E-state index contributed by atoms with van der Waals surface area (Å²) in [5, 5.41) is 10.5. The maximum absolute atomic E-state index is 12.0. The van der Waals surface area contributed by atoms with Gasteiger partial charge in [-0.25, -0.2) is 4.79 Å². The number of nitro groups is 1. The first-order valence-corrected chi connectivity index (χ1v) is 6.72. The van der Waals surface area contributed by atoms with E-state index in [1.807, 2.05) is 6.07 Å². The average Bonchev–Trinajstić information content (AvgIpc) is 2.55. The number of nitro benzene ring substituents is 1. The molecule has 0 radical (unpaired) electrons. The Kier molecular flexibility index (Phi) is 6.93. The second kappa shape index (κ2) is 8.93. The number of hydrogen-bond acceptors (Lipinski definition) is 5. The standard InChI is InChI=1S/C13H9NO3.C3H7NO2/c15-13(10-4-2-1-3-5-10)11-6-8-12(9-7-11)14(16)17;1-2-6-3(4)5/h1-9H;2H2,1H3,(H2,4,5). The number of primary amides is 1. The third-order valence-corrected chi connectivity index (χ3v) is 2.66. The molecule has 0 aromatic heterocycles. The SMILES string of the molecule is CCOC(N)=O.O=C(c1ccccc1)c1ccc([N+](=O)[O-])cc1. The molecule has 7 heteroatoms. The molecule has 7 nitrogen and oxygen atoms in total. The van der Waals surface area contributed by atoms with E-state index in [4.69, 9.17) is 0 Å². The number of nitrogens with two attached hydrogens (primary N) is 1. The fourth-order valence-electron chi connectivity index (χ4n) is 1.63. The Morgan fingerprint density at radius 1 is 1.04 bits per heavy atom. The van der Waals surface area contributed by atoms with Crippen molar-refractivity contribution in [3.05, 3.63) is 75.8 Å². The molecule has 2 N–H and O–H groups in total. The summed E-state index contributed by atoms with van der Waals surface area (Å²) in [6.07, 6.45) is -0.711. The number of benzene rings is 2. The third kappa shape index (κ3) is 5.96. The molecule has 0 aliphatic heterocycles. The molecule has 0 aliphatic carbocycles. The van der Waals surface area contributed by atoms with E-state index in [-0.39, 0.29) is 11.5 Å². The smallest absolute Gasteiger partial charge is 0.404 e. The van der Waals surface area contributed by atoms with Crippen LogP contribution in [0.15, 0.2) is 54.6 Å². The van der Waals surface area contributed by atoms with Gasteiger partial charge in [-0.1, -0.05) is 30.3 Å². The van der Waals surface area contributed by atoms with Crippen LogP contribution in [0, 0.1) is 10.1 Å². The fourth-order valence-corrected chi connectivity index (χ4v) is 1.63. The molecule has 120 valence electrons. The van der Waals surface area contributed by atoms with Gasteiger partial charge in [-0.05, 0) is 19.1 Å². The molecule has 0 heterocycles. The Hall–Kier alpha value is -3.22. The number of rotatable bonds is 4. The Labute approximate surface area is 132 Å². The molecule has 23 heavy (non-hydrogen) atoms. The van der Waals surface area contributed by atoms with Crippen molar-refractivity contribution in [2.24, 2.45) is 5.73 Å². The van der Waals surface area contributed by atoms with Crippen LogP contribution in [0.3, 0.4) is 0 Å². The molecule has 0 aliphatic rings. The van der Waals surface area contributed by atoms with Crippen LogP contribution in [0.5, 0.6) is 0 Å². The molecular formula is C16H16N2O5. The quantitative estimate of drug-likeness (QED) is 0.529. The lowest BCUT2D eigenvalue weighted by Gasteiger charge is -2.00. The van der Waals surface area contributed by atoms with Gasteiger partial charge in [0.15, 0.2) is 5.78 Å². The van der Waals surface area contributed by atoms with Crippen LogP contribution in [0.25, 0.3) is 0 Å². The van der Waals surface area contributed by atoms with Crippen LogP contribution >= 0.6 is 0 Å². The normalized spacial score (nSPS) is 9.26. The van der Waals surface area contributed by atoms with Crippen molar-refractivity contribution >= 4 is 17.6 Å². The first-order valence-electron chi connectivity index (χ1n) is 6.72. The minimum Gasteiger partial charge on any atom is -0.450 e. The Balaban J connectivity index is 0.000000379. The van der Waals surface area contributed by atoms with Gasteiger partial charge < -0.3 is 10.5 Å². The maximum atomic E-state index is 12.0. The lowest BCUT2D eigenvalue weighted by Crippen LogP contribution is -2.11. The number of carbonyl (C=O) groups is 2. The van der Waals surface area contributed by atoms with E-state index >= 15 is 0 Å². The number of amides is 1. The lowest BCUT2D eigenvalue weighted by atomic mass is 10.0. The Bertz CT molecular complexity index is 669. The molecule has 2 aromatic rings. The van der Waals surface area contributed by atoms with Gasteiger partial charge in [0, 0.05) is 23.3 Å². The number of carbonyl (C=O) groups excluding carboxylic acids is 2. The minimum absolute atomic E-state index is 0.0189. The zero-order chi connectivity index (χ0) is 17.2. The van der Waals surface area contributed by atoms with Crippen LogP contribution in [0.1, 0.15) is 22.8 Å². The van der Waals surface area contributed by atoms with Crippen molar-refractivity contribution in [1.29, 1.82) is 0 Å². The van der Waals surface area contributed by atoms with Crippen LogP contribution in [0.2, 0.25) is 0 Å². The largest absolute Gasteiger partial charge is 0.450 e. The highest BCUT2D eigenvalue weighted by Crippen LogP contribution is 2.15. The van der Waals surface area contributed by atoms with Crippen molar-refractivity contribution < 1.29 is 19.2 Å². The fraction of sp³-hybridized carbons (Fsp3) is 0.125. The van der Waals surface area contributed by atoms with E-state index in [1.54, 1.807) is 31.2 Å². The van der Waals surface area contributed by atoms with Crippen molar-refractivity contribution in [2.45, 2.75) is 6.92 Å². The minimum atomic E-state index is -0.711. The zero-order valence-electron chi connectivity index (χ0n) is 12.5. The topological polar surface area (TPSA) is 113 Å². The highest BCUT2D eigenvalue weighted by Gasteiger charge is 2.10. The van der Waals surface area contributed by atoms with Gasteiger partial charge in [-0.15, -0.1) is 0 Å². The highest BCUT2D eigenvalue weighted by atomic mass is 16.6. The van der Waals surface area contributed by atoms with Crippen LogP contribution in [0.4, 0.5) is 10.5 Å². The van der Waals surface area contributed by atoms with Gasteiger partial charge in [-0.3, -0.25) is 14.9 Å². The van der Waals surface area contributed by atoms with Gasteiger partial charge >= 0.3 is 6.09 Å². The molecule has 0 unspecified atom stereocenters. The number of ketones is 1. The first-order chi connectivity index (χ1) is 11.0. The summed E-state index contributed by atoms with van der Waals surface area (Å²) in [7, 11) is 0. The molecular weight excluding hydrogens is 300 g/mol. The second-order valence-corrected chi connectivity index (χ2v) is 4.25. The molecule has 0 fully saturated rings. The van der Waals surface area contributed by atoms with E-state index < -0.39 is 11.0 Å². The zero-order valence-corrected chi connectivity index (χ0v) is 12.5. The summed E-state index contributed by atoms with van der Waals surface area (Å²) in [5.41, 5.74) is 5.54. The predicted molar refractivity (Wildman–Crippen MR) is 84.2 cm³/mol. The van der Waals surface area contributed by atoms with Gasteiger partial charge in [0.25, 0.3) is 5.69 Å². The van der Waals surface area contributed by atoms with Crippen molar-refractivity contribution in [3.63, 3.8) is 0 Å².